The Balaban J connectivity index is 1.84. The molecule has 0 fully saturated rings. The molecule has 0 unspecified atom stereocenters. The molecule has 0 atom stereocenters. The second-order valence-corrected chi connectivity index (χ2v) is 4.75. The number of fused-ring (bicyclic) bond motifs is 1. The molecule has 0 N–H and O–H groups in total. The molecule has 1 heterocycles. The number of hydrogen-bond acceptors (Lipinski definition) is 7. The Kier molecular flexibility index (Phi) is 3.98. The summed E-state index contributed by atoms with van der Waals surface area (Å²) in [6.45, 7) is -0.498. The van der Waals surface area contributed by atoms with Crippen LogP contribution in [0.25, 0.3) is 10.9 Å². The van der Waals surface area contributed by atoms with Gasteiger partial charge in [-0.2, -0.15) is 4.68 Å². The molecule has 3 rings (SSSR count). The number of carbonyl (C=O) groups excluding carboxylic acids is 1. The predicted molar refractivity (Wildman–Crippen MR) is 82.3 cm³/mol. The fourth-order valence-electron chi connectivity index (χ4n) is 2.11. The number of benzene rings is 2. The van der Waals surface area contributed by atoms with Crippen LogP contribution in [0.4, 0.5) is 5.69 Å². The Labute approximate surface area is 134 Å². The highest BCUT2D eigenvalue weighted by Gasteiger charge is 2.20. The summed E-state index contributed by atoms with van der Waals surface area (Å²) in [6, 6.07) is 12.0. The van der Waals surface area contributed by atoms with Gasteiger partial charge in [-0.05, 0) is 18.2 Å². The molecule has 9 heteroatoms. The molecule has 0 amide bonds. The average molecular weight is 326 g/mol. The van der Waals surface area contributed by atoms with Gasteiger partial charge in [0, 0.05) is 6.07 Å². The molecule has 3 aromatic rings. The number of nitro groups is 1. The minimum atomic E-state index is -0.927. The van der Waals surface area contributed by atoms with Crippen LogP contribution in [-0.2, 0) is 11.5 Å². The van der Waals surface area contributed by atoms with E-state index in [0.717, 1.165) is 4.68 Å². The van der Waals surface area contributed by atoms with Gasteiger partial charge in [0.2, 0.25) is 0 Å². The molecule has 9 nitrogen and oxygen atoms in total. The van der Waals surface area contributed by atoms with Crippen LogP contribution in [-0.4, -0.2) is 25.9 Å². The number of aromatic nitrogens is 3. The highest BCUT2D eigenvalue weighted by atomic mass is 16.6. The van der Waals surface area contributed by atoms with Gasteiger partial charge < -0.3 is 4.74 Å². The molecule has 0 saturated heterocycles. The van der Waals surface area contributed by atoms with E-state index in [1.807, 2.05) is 0 Å². The maximum Gasteiger partial charge on any atom is 0.346 e. The molecular weight excluding hydrogens is 316 g/mol. The molecule has 0 radical (unpaired) electrons. The van der Waals surface area contributed by atoms with Crippen molar-refractivity contribution in [2.45, 2.75) is 6.73 Å². The van der Waals surface area contributed by atoms with Gasteiger partial charge in [0.25, 0.3) is 11.2 Å². The largest absolute Gasteiger partial charge is 0.438 e. The van der Waals surface area contributed by atoms with E-state index in [1.54, 1.807) is 24.3 Å². The fraction of sp³-hybridized carbons (Fsp3) is 0.0667. The van der Waals surface area contributed by atoms with E-state index in [9.17, 15) is 19.7 Å². The minimum Gasteiger partial charge on any atom is -0.438 e. The van der Waals surface area contributed by atoms with Crippen molar-refractivity contribution in [1.29, 1.82) is 0 Å². The second-order valence-electron chi connectivity index (χ2n) is 4.75. The van der Waals surface area contributed by atoms with Crippen LogP contribution in [0.5, 0.6) is 0 Å². The third kappa shape index (κ3) is 2.82. The summed E-state index contributed by atoms with van der Waals surface area (Å²) >= 11 is 0. The van der Waals surface area contributed by atoms with Crippen LogP contribution >= 0.6 is 0 Å². The van der Waals surface area contributed by atoms with E-state index in [0.29, 0.717) is 10.9 Å². The fourth-order valence-corrected chi connectivity index (χ4v) is 2.11. The van der Waals surface area contributed by atoms with Gasteiger partial charge in [0.15, 0.2) is 6.73 Å². The van der Waals surface area contributed by atoms with E-state index in [-0.39, 0.29) is 11.3 Å². The van der Waals surface area contributed by atoms with Crippen molar-refractivity contribution in [1.82, 2.24) is 15.0 Å². The lowest BCUT2D eigenvalue weighted by molar-refractivity contribution is -0.385. The van der Waals surface area contributed by atoms with Crippen LogP contribution in [0.3, 0.4) is 0 Å². The van der Waals surface area contributed by atoms with Crippen molar-refractivity contribution in [3.8, 4) is 0 Å². The Morgan fingerprint density at radius 2 is 1.88 bits per heavy atom. The lowest BCUT2D eigenvalue weighted by atomic mass is 10.2. The zero-order valence-electron chi connectivity index (χ0n) is 12.2. The summed E-state index contributed by atoms with van der Waals surface area (Å²) in [7, 11) is 0. The second kappa shape index (κ2) is 6.24. The highest BCUT2D eigenvalue weighted by Crippen LogP contribution is 2.18. The molecule has 0 spiro atoms. The molecule has 2 aromatic carbocycles. The Morgan fingerprint density at radius 3 is 2.67 bits per heavy atom. The van der Waals surface area contributed by atoms with Crippen LogP contribution in [0.1, 0.15) is 10.4 Å². The first-order valence-corrected chi connectivity index (χ1v) is 6.81. The molecule has 0 aliphatic rings. The summed E-state index contributed by atoms with van der Waals surface area (Å²) in [4.78, 5) is 34.5. The summed E-state index contributed by atoms with van der Waals surface area (Å²) in [5, 5.41) is 18.8. The number of hydrogen-bond donors (Lipinski definition) is 0. The van der Waals surface area contributed by atoms with Gasteiger partial charge in [-0.25, -0.2) is 4.79 Å². The quantitative estimate of drug-likeness (QED) is 0.405. The predicted octanol–water partition coefficient (Wildman–Crippen LogP) is 1.51. The lowest BCUT2D eigenvalue weighted by Gasteiger charge is -2.06. The smallest absolute Gasteiger partial charge is 0.346 e. The summed E-state index contributed by atoms with van der Waals surface area (Å²) in [5.74, 6) is -0.927. The maximum atomic E-state index is 12.2. The van der Waals surface area contributed by atoms with Gasteiger partial charge in [0.1, 0.15) is 11.1 Å². The Morgan fingerprint density at radius 1 is 1.17 bits per heavy atom. The van der Waals surface area contributed by atoms with E-state index < -0.39 is 23.2 Å². The molecule has 0 bridgehead atoms. The average Bonchev–Trinajstić information content (AvgIpc) is 2.61. The summed E-state index contributed by atoms with van der Waals surface area (Å²) in [5.41, 5.74) is -0.636. The van der Waals surface area contributed by atoms with Crippen molar-refractivity contribution in [2.75, 3.05) is 0 Å². The number of carbonyl (C=O) groups is 1. The molecule has 24 heavy (non-hydrogen) atoms. The van der Waals surface area contributed by atoms with Crippen molar-refractivity contribution < 1.29 is 14.5 Å². The van der Waals surface area contributed by atoms with Crippen LogP contribution < -0.4 is 5.56 Å². The topological polar surface area (TPSA) is 117 Å². The first-order chi connectivity index (χ1) is 11.6. The molecular formula is C15H10N4O5. The van der Waals surface area contributed by atoms with Crippen molar-refractivity contribution >= 4 is 22.6 Å². The van der Waals surface area contributed by atoms with Gasteiger partial charge in [-0.15, -0.1) is 5.10 Å². The summed E-state index contributed by atoms with van der Waals surface area (Å²) < 4.78 is 5.82. The third-order valence-electron chi connectivity index (χ3n) is 3.27. The Hall–Kier alpha value is -3.62. The summed E-state index contributed by atoms with van der Waals surface area (Å²) in [6.07, 6.45) is 0. The number of rotatable bonds is 4. The van der Waals surface area contributed by atoms with Gasteiger partial charge in [-0.3, -0.25) is 14.9 Å². The molecule has 1 aromatic heterocycles. The molecule has 120 valence electrons. The molecule has 0 aliphatic carbocycles. The van der Waals surface area contributed by atoms with Gasteiger partial charge in [-0.1, -0.05) is 29.5 Å². The molecule has 0 saturated carbocycles. The number of ether oxygens (including phenoxy) is 1. The first kappa shape index (κ1) is 15.3. The van der Waals surface area contributed by atoms with Gasteiger partial charge in [0.05, 0.1) is 10.3 Å². The van der Waals surface area contributed by atoms with Crippen LogP contribution in [0.15, 0.2) is 53.3 Å². The number of para-hydroxylation sites is 1. The van der Waals surface area contributed by atoms with Crippen molar-refractivity contribution in [3.05, 3.63) is 74.6 Å². The number of esters is 1. The minimum absolute atomic E-state index is 0.204. The zero-order valence-corrected chi connectivity index (χ0v) is 12.2. The third-order valence-corrected chi connectivity index (χ3v) is 3.27. The van der Waals surface area contributed by atoms with Crippen molar-refractivity contribution in [3.63, 3.8) is 0 Å². The van der Waals surface area contributed by atoms with E-state index >= 15 is 0 Å². The lowest BCUT2D eigenvalue weighted by Crippen LogP contribution is -2.26. The van der Waals surface area contributed by atoms with E-state index in [4.69, 9.17) is 4.74 Å². The standard InChI is InChI=1S/C15H10N4O5/c20-14-10-5-1-3-7-12(10)16-17-18(14)9-24-15(21)11-6-2-4-8-13(11)19(22)23/h1-8H,9H2. The normalized spacial score (nSPS) is 10.5. The van der Waals surface area contributed by atoms with Crippen molar-refractivity contribution in [2.24, 2.45) is 0 Å². The van der Waals surface area contributed by atoms with Crippen LogP contribution in [0.2, 0.25) is 0 Å². The van der Waals surface area contributed by atoms with E-state index in [2.05, 4.69) is 10.3 Å². The molecule has 0 aliphatic heterocycles. The number of nitrogens with zero attached hydrogens (tertiary/aromatic N) is 4. The Bertz CT molecular complexity index is 998. The zero-order chi connectivity index (χ0) is 17.1. The highest BCUT2D eigenvalue weighted by molar-refractivity contribution is 5.93. The van der Waals surface area contributed by atoms with Gasteiger partial charge >= 0.3 is 5.97 Å². The van der Waals surface area contributed by atoms with Crippen LogP contribution in [0, 0.1) is 10.1 Å². The SMILES string of the molecule is O=C(OCn1nnc2ccccc2c1=O)c1ccccc1[N+](=O)[O-]. The van der Waals surface area contributed by atoms with E-state index in [1.165, 1.54) is 24.3 Å². The maximum absolute atomic E-state index is 12.2. The monoisotopic (exact) mass is 326 g/mol. The number of nitro benzene ring substituents is 1. The first-order valence-electron chi connectivity index (χ1n) is 6.81.